The molecular formula is C4H11BF4O. The van der Waals surface area contributed by atoms with Crippen molar-refractivity contribution in [2.75, 3.05) is 20.8 Å². The minimum Gasteiger partial charge on any atom is -0.427 e. The summed E-state index contributed by atoms with van der Waals surface area (Å²) in [6.07, 6.45) is 0. The third kappa shape index (κ3) is 116. The minimum atomic E-state index is -6.00. The Hall–Kier alpha value is -0.255. The zero-order chi connectivity index (χ0) is 8.78. The van der Waals surface area contributed by atoms with Crippen LogP contribution >= 0.6 is 0 Å². The van der Waals surface area contributed by atoms with Crippen LogP contribution in [-0.4, -0.2) is 28.1 Å². The Morgan fingerprint density at radius 2 is 1.20 bits per heavy atom. The summed E-state index contributed by atoms with van der Waals surface area (Å²) in [7, 11) is -2.06. The first-order chi connectivity index (χ1) is 4.27. The van der Waals surface area contributed by atoms with Crippen LogP contribution in [0.2, 0.25) is 0 Å². The smallest absolute Gasteiger partial charge is 0.427 e. The summed E-state index contributed by atoms with van der Waals surface area (Å²) in [5, 5.41) is 0. The molecule has 0 aliphatic rings. The Morgan fingerprint density at radius 1 is 1.10 bits per heavy atom. The summed E-state index contributed by atoms with van der Waals surface area (Å²) in [4.78, 5) is 0. The number of hydrogen-bond donors (Lipinski definition) is 0. The fraction of sp³-hybridized carbons (Fsp3) is 1.00. The molecule has 0 atom stereocenters. The molecule has 0 radical (unpaired) electrons. The summed E-state index contributed by atoms with van der Waals surface area (Å²) < 4.78 is 41.7. The van der Waals surface area contributed by atoms with Gasteiger partial charge in [0.1, 0.15) is 20.8 Å². The van der Waals surface area contributed by atoms with Gasteiger partial charge in [0.2, 0.25) is 0 Å². The molecule has 64 valence electrons. The van der Waals surface area contributed by atoms with Crippen LogP contribution in [0.25, 0.3) is 0 Å². The molecule has 0 fully saturated rings. The van der Waals surface area contributed by atoms with Crippen LogP contribution in [0, 0.1) is 0 Å². The van der Waals surface area contributed by atoms with Gasteiger partial charge in [-0.1, -0.05) is 0 Å². The van der Waals surface area contributed by atoms with E-state index in [9.17, 15) is 17.3 Å². The van der Waals surface area contributed by atoms with Gasteiger partial charge in [-0.15, -0.1) is 0 Å². The summed E-state index contributed by atoms with van der Waals surface area (Å²) >= 11 is 0. The molecule has 0 amide bonds. The monoisotopic (exact) mass is 162 g/mol. The molecule has 0 heterocycles. The molecule has 1 nitrogen and oxygen atoms in total. The van der Waals surface area contributed by atoms with Crippen molar-refractivity contribution in [1.82, 2.24) is 0 Å². The maximum Gasteiger partial charge on any atom is 0.673 e. The third-order valence-electron chi connectivity index (χ3n) is 0.577. The van der Waals surface area contributed by atoms with E-state index in [-0.39, 0.29) is 0 Å². The normalized spacial score (nSPS) is 10.8. The van der Waals surface area contributed by atoms with Crippen LogP contribution in [0.1, 0.15) is 6.92 Å². The van der Waals surface area contributed by atoms with Crippen LogP contribution in [0.3, 0.4) is 0 Å². The van der Waals surface area contributed by atoms with E-state index in [2.05, 4.69) is 11.3 Å². The highest BCUT2D eigenvalue weighted by molar-refractivity contribution is 6.50. The van der Waals surface area contributed by atoms with Crippen LogP contribution < -0.4 is 0 Å². The molecular weight excluding hydrogens is 151 g/mol. The summed E-state index contributed by atoms with van der Waals surface area (Å²) in [5.41, 5.74) is 0. The lowest BCUT2D eigenvalue weighted by molar-refractivity contribution is -0.0447. The van der Waals surface area contributed by atoms with Crippen LogP contribution in [0.5, 0.6) is 0 Å². The third-order valence-corrected chi connectivity index (χ3v) is 0.577. The summed E-state index contributed by atoms with van der Waals surface area (Å²) in [5.74, 6) is 0. The van der Waals surface area contributed by atoms with E-state index in [1.807, 2.05) is 14.2 Å². The molecule has 0 aromatic carbocycles. The van der Waals surface area contributed by atoms with Gasteiger partial charge in [-0.2, -0.15) is 0 Å². The zero-order valence-corrected chi connectivity index (χ0v) is 6.20. The predicted octanol–water partition coefficient (Wildman–Crippen LogP) is 2.12. The Balaban J connectivity index is 0. The summed E-state index contributed by atoms with van der Waals surface area (Å²) in [6.45, 7) is 3.14. The van der Waals surface area contributed by atoms with Gasteiger partial charge >= 0.3 is 7.25 Å². The highest BCUT2D eigenvalue weighted by Gasteiger charge is 2.20. The molecule has 0 unspecified atom stereocenters. The topological polar surface area (TPSA) is 2.70 Å². The molecule has 6 heteroatoms. The largest absolute Gasteiger partial charge is 0.673 e. The van der Waals surface area contributed by atoms with Crippen molar-refractivity contribution >= 4 is 7.25 Å². The van der Waals surface area contributed by atoms with Gasteiger partial charge in [0.15, 0.2) is 0 Å². The standard InChI is InChI=1S/C4H11O.BF4/c1-4-5(2)3;2-1(3,4)5/h4H2,1-3H3;/q+1;-1. The molecule has 0 aromatic rings. The average molecular weight is 162 g/mol. The van der Waals surface area contributed by atoms with Crippen molar-refractivity contribution in [2.24, 2.45) is 0 Å². The van der Waals surface area contributed by atoms with E-state index >= 15 is 0 Å². The zero-order valence-electron chi connectivity index (χ0n) is 6.20. The molecule has 0 rings (SSSR count). The molecule has 0 saturated heterocycles. The first-order valence-corrected chi connectivity index (χ1v) is 2.69. The molecule has 0 N–H and O–H groups in total. The van der Waals surface area contributed by atoms with E-state index in [0.717, 1.165) is 6.61 Å². The summed E-state index contributed by atoms with van der Waals surface area (Å²) in [6, 6.07) is 0. The molecule has 0 aliphatic carbocycles. The van der Waals surface area contributed by atoms with Gasteiger partial charge < -0.3 is 21.6 Å². The Kier molecular flexibility index (Phi) is 6.86. The van der Waals surface area contributed by atoms with Crippen molar-refractivity contribution in [1.29, 1.82) is 0 Å². The SMILES string of the molecule is CC[O+](C)C.F[B-](F)(F)F. The van der Waals surface area contributed by atoms with Crippen molar-refractivity contribution in [2.45, 2.75) is 6.92 Å². The molecule has 0 aliphatic heterocycles. The van der Waals surface area contributed by atoms with E-state index in [0.29, 0.717) is 0 Å². The fourth-order valence-corrected chi connectivity index (χ4v) is 0. The van der Waals surface area contributed by atoms with Crippen molar-refractivity contribution in [3.05, 3.63) is 0 Å². The lowest BCUT2D eigenvalue weighted by Gasteiger charge is -1.98. The van der Waals surface area contributed by atoms with Crippen LogP contribution in [0.4, 0.5) is 17.3 Å². The fourth-order valence-electron chi connectivity index (χ4n) is 0. The quantitative estimate of drug-likeness (QED) is 0.315. The second-order valence-corrected chi connectivity index (χ2v) is 1.77. The van der Waals surface area contributed by atoms with Gasteiger partial charge in [0, 0.05) is 6.92 Å². The Morgan fingerprint density at radius 3 is 1.20 bits per heavy atom. The Labute approximate surface area is 57.8 Å². The lowest BCUT2D eigenvalue weighted by atomic mass is 10.3. The van der Waals surface area contributed by atoms with Crippen molar-refractivity contribution < 1.29 is 21.6 Å². The van der Waals surface area contributed by atoms with Gasteiger partial charge in [0.05, 0.1) is 0 Å². The average Bonchev–Trinajstić information content (AvgIpc) is 1.61. The predicted molar refractivity (Wildman–Crippen MR) is 33.7 cm³/mol. The second-order valence-electron chi connectivity index (χ2n) is 1.77. The number of halogens is 4. The first kappa shape index (κ1) is 12.4. The molecule has 0 aromatic heterocycles. The molecule has 0 spiro atoms. The van der Waals surface area contributed by atoms with E-state index in [1.165, 1.54) is 0 Å². The van der Waals surface area contributed by atoms with E-state index < -0.39 is 7.25 Å². The second kappa shape index (κ2) is 5.52. The Bertz CT molecular complexity index is 66.1. The first-order valence-electron chi connectivity index (χ1n) is 2.69. The highest BCUT2D eigenvalue weighted by Crippen LogP contribution is 2.06. The van der Waals surface area contributed by atoms with Gasteiger partial charge in [-0.25, -0.2) is 0 Å². The van der Waals surface area contributed by atoms with Gasteiger partial charge in [0.25, 0.3) is 0 Å². The maximum atomic E-state index is 9.75. The molecule has 0 bridgehead atoms. The molecule has 0 saturated carbocycles. The van der Waals surface area contributed by atoms with Crippen LogP contribution in [0.15, 0.2) is 0 Å². The van der Waals surface area contributed by atoms with Gasteiger partial charge in [-0.3, -0.25) is 0 Å². The molecule has 10 heavy (non-hydrogen) atoms. The van der Waals surface area contributed by atoms with Crippen LogP contribution in [-0.2, 0) is 4.37 Å². The minimum absolute atomic E-state index is 1.06. The van der Waals surface area contributed by atoms with Gasteiger partial charge in [-0.05, 0) is 0 Å². The number of rotatable bonds is 1. The van der Waals surface area contributed by atoms with Crippen molar-refractivity contribution in [3.63, 3.8) is 0 Å². The van der Waals surface area contributed by atoms with E-state index in [1.54, 1.807) is 0 Å². The van der Waals surface area contributed by atoms with Crippen molar-refractivity contribution in [3.8, 4) is 0 Å². The lowest BCUT2D eigenvalue weighted by Crippen LogP contribution is -2.02. The van der Waals surface area contributed by atoms with E-state index in [4.69, 9.17) is 0 Å². The highest BCUT2D eigenvalue weighted by atomic mass is 19.5. The number of hydrogen-bond acceptors (Lipinski definition) is 0. The maximum absolute atomic E-state index is 9.75.